The summed E-state index contributed by atoms with van der Waals surface area (Å²) in [6.45, 7) is 6.10. The molecule has 0 radical (unpaired) electrons. The van der Waals surface area contributed by atoms with Gasteiger partial charge in [-0.25, -0.2) is 0 Å². The quantitative estimate of drug-likeness (QED) is 0.874. The number of para-hydroxylation sites is 1. The van der Waals surface area contributed by atoms with Gasteiger partial charge in [-0.3, -0.25) is 4.79 Å². The minimum Gasteiger partial charge on any atom is -0.325 e. The Morgan fingerprint density at radius 1 is 1.32 bits per heavy atom. The van der Waals surface area contributed by atoms with E-state index >= 15 is 0 Å². The van der Waals surface area contributed by atoms with Crippen molar-refractivity contribution in [3.8, 4) is 0 Å². The summed E-state index contributed by atoms with van der Waals surface area (Å²) in [5.74, 6) is 0.164. The number of carbonyl (C=O) groups excluding carboxylic acids is 1. The van der Waals surface area contributed by atoms with Crippen LogP contribution in [0, 0.1) is 5.41 Å². The van der Waals surface area contributed by atoms with Gasteiger partial charge in [-0.15, -0.1) is 0 Å². The molecule has 1 amide bonds. The molecule has 1 aromatic carbocycles. The predicted octanol–water partition coefficient (Wildman–Crippen LogP) is 2.97. The van der Waals surface area contributed by atoms with Gasteiger partial charge in [-0.05, 0) is 44.0 Å². The van der Waals surface area contributed by atoms with E-state index in [1.165, 1.54) is 5.56 Å². The Morgan fingerprint density at radius 2 is 2.00 bits per heavy atom. The Morgan fingerprint density at radius 3 is 2.68 bits per heavy atom. The fourth-order valence-electron chi connectivity index (χ4n) is 2.61. The normalized spacial score (nSPS) is 18.0. The Labute approximate surface area is 115 Å². The molecular weight excluding hydrogens is 236 g/mol. The van der Waals surface area contributed by atoms with Crippen LogP contribution in [0.5, 0.6) is 0 Å². The van der Waals surface area contributed by atoms with Crippen molar-refractivity contribution in [2.45, 2.75) is 39.5 Å². The van der Waals surface area contributed by atoms with Crippen molar-refractivity contribution in [2.24, 2.45) is 5.41 Å². The van der Waals surface area contributed by atoms with Gasteiger partial charge in [0.05, 0.1) is 0 Å². The van der Waals surface area contributed by atoms with Crippen LogP contribution in [-0.2, 0) is 11.2 Å². The number of anilines is 1. The fourth-order valence-corrected chi connectivity index (χ4v) is 2.61. The molecule has 0 aliphatic carbocycles. The van der Waals surface area contributed by atoms with Crippen LogP contribution in [0.2, 0.25) is 0 Å². The highest BCUT2D eigenvalue weighted by Gasteiger charge is 2.34. The molecule has 1 fully saturated rings. The molecule has 0 saturated carbocycles. The average Bonchev–Trinajstić information content (AvgIpc) is 2.42. The van der Waals surface area contributed by atoms with Gasteiger partial charge in [-0.2, -0.15) is 0 Å². The van der Waals surface area contributed by atoms with E-state index in [-0.39, 0.29) is 11.3 Å². The van der Waals surface area contributed by atoms with Crippen molar-refractivity contribution in [1.29, 1.82) is 0 Å². The number of hydrogen-bond acceptors (Lipinski definition) is 2. The van der Waals surface area contributed by atoms with Crippen molar-refractivity contribution >= 4 is 11.6 Å². The van der Waals surface area contributed by atoms with E-state index in [0.717, 1.165) is 44.5 Å². The molecule has 0 atom stereocenters. The summed E-state index contributed by atoms with van der Waals surface area (Å²) < 4.78 is 0. The first-order chi connectivity index (χ1) is 9.15. The summed E-state index contributed by atoms with van der Waals surface area (Å²) >= 11 is 0. The number of rotatable bonds is 4. The summed E-state index contributed by atoms with van der Waals surface area (Å²) in [4.78, 5) is 12.5. The molecule has 2 rings (SSSR count). The minimum atomic E-state index is -0.232. The van der Waals surface area contributed by atoms with Gasteiger partial charge < -0.3 is 10.6 Å². The van der Waals surface area contributed by atoms with Crippen molar-refractivity contribution in [3.63, 3.8) is 0 Å². The van der Waals surface area contributed by atoms with E-state index in [9.17, 15) is 4.79 Å². The second-order valence-electron chi connectivity index (χ2n) is 5.67. The Kier molecular flexibility index (Phi) is 4.59. The third kappa shape index (κ3) is 3.35. The third-order valence-corrected chi connectivity index (χ3v) is 4.04. The zero-order chi connectivity index (χ0) is 13.7. The molecule has 1 saturated heterocycles. The third-order valence-electron chi connectivity index (χ3n) is 4.04. The zero-order valence-corrected chi connectivity index (χ0v) is 12.0. The minimum absolute atomic E-state index is 0.164. The summed E-state index contributed by atoms with van der Waals surface area (Å²) in [5.41, 5.74) is 1.98. The van der Waals surface area contributed by atoms with Crippen molar-refractivity contribution in [3.05, 3.63) is 29.8 Å². The van der Waals surface area contributed by atoms with Gasteiger partial charge in [0, 0.05) is 11.1 Å². The molecule has 1 heterocycles. The molecule has 1 aliphatic heterocycles. The number of carbonyl (C=O) groups is 1. The topological polar surface area (TPSA) is 41.1 Å². The summed E-state index contributed by atoms with van der Waals surface area (Å²) in [6.07, 6.45) is 3.92. The maximum Gasteiger partial charge on any atom is 0.230 e. The first kappa shape index (κ1) is 14.1. The summed E-state index contributed by atoms with van der Waals surface area (Å²) in [6, 6.07) is 8.13. The monoisotopic (exact) mass is 260 g/mol. The molecule has 19 heavy (non-hydrogen) atoms. The number of hydrogen-bond donors (Lipinski definition) is 2. The number of aryl methyl sites for hydroxylation is 1. The predicted molar refractivity (Wildman–Crippen MR) is 79.3 cm³/mol. The SMILES string of the molecule is CCCc1ccccc1NC(=O)C1(C)CCNCC1. The second kappa shape index (κ2) is 6.20. The van der Waals surface area contributed by atoms with Gasteiger partial charge in [0.15, 0.2) is 0 Å². The van der Waals surface area contributed by atoms with Gasteiger partial charge >= 0.3 is 0 Å². The lowest BCUT2D eigenvalue weighted by molar-refractivity contribution is -0.126. The van der Waals surface area contributed by atoms with Gasteiger partial charge in [-0.1, -0.05) is 38.5 Å². The van der Waals surface area contributed by atoms with Crippen LogP contribution < -0.4 is 10.6 Å². The lowest BCUT2D eigenvalue weighted by Crippen LogP contribution is -2.42. The van der Waals surface area contributed by atoms with Gasteiger partial charge in [0.25, 0.3) is 0 Å². The average molecular weight is 260 g/mol. The maximum absolute atomic E-state index is 12.5. The Bertz CT molecular complexity index is 436. The van der Waals surface area contributed by atoms with E-state index in [0.29, 0.717) is 0 Å². The molecule has 0 bridgehead atoms. The standard InChI is InChI=1S/C16H24N2O/c1-3-6-13-7-4-5-8-14(13)18-15(19)16(2)9-11-17-12-10-16/h4-5,7-8,17H,3,6,9-12H2,1-2H3,(H,18,19). The number of amides is 1. The number of nitrogens with one attached hydrogen (secondary N) is 2. The van der Waals surface area contributed by atoms with Crippen LogP contribution in [0.1, 0.15) is 38.7 Å². The molecule has 0 aromatic heterocycles. The van der Waals surface area contributed by atoms with Crippen molar-refractivity contribution in [2.75, 3.05) is 18.4 Å². The molecule has 1 aromatic rings. The second-order valence-corrected chi connectivity index (χ2v) is 5.67. The van der Waals surface area contributed by atoms with Crippen LogP contribution in [-0.4, -0.2) is 19.0 Å². The van der Waals surface area contributed by atoms with E-state index in [1.807, 2.05) is 18.2 Å². The van der Waals surface area contributed by atoms with Crippen LogP contribution in [0.3, 0.4) is 0 Å². The highest BCUT2D eigenvalue weighted by molar-refractivity contribution is 5.95. The number of piperidine rings is 1. The van der Waals surface area contributed by atoms with Crippen LogP contribution in [0.25, 0.3) is 0 Å². The van der Waals surface area contributed by atoms with Crippen LogP contribution in [0.15, 0.2) is 24.3 Å². The Balaban J connectivity index is 2.10. The van der Waals surface area contributed by atoms with Crippen molar-refractivity contribution in [1.82, 2.24) is 5.32 Å². The fraction of sp³-hybridized carbons (Fsp3) is 0.562. The highest BCUT2D eigenvalue weighted by atomic mass is 16.2. The lowest BCUT2D eigenvalue weighted by atomic mass is 9.80. The lowest BCUT2D eigenvalue weighted by Gasteiger charge is -2.32. The van der Waals surface area contributed by atoms with Gasteiger partial charge in [0.1, 0.15) is 0 Å². The number of benzene rings is 1. The van der Waals surface area contributed by atoms with Crippen molar-refractivity contribution < 1.29 is 4.79 Å². The summed E-state index contributed by atoms with van der Waals surface area (Å²) in [5, 5.41) is 6.45. The molecule has 104 valence electrons. The zero-order valence-electron chi connectivity index (χ0n) is 12.0. The Hall–Kier alpha value is -1.35. The molecule has 0 spiro atoms. The largest absolute Gasteiger partial charge is 0.325 e. The van der Waals surface area contributed by atoms with Crippen LogP contribution >= 0.6 is 0 Å². The first-order valence-electron chi connectivity index (χ1n) is 7.26. The van der Waals surface area contributed by atoms with Gasteiger partial charge in [0.2, 0.25) is 5.91 Å². The first-order valence-corrected chi connectivity index (χ1v) is 7.26. The molecule has 3 heteroatoms. The molecule has 3 nitrogen and oxygen atoms in total. The summed E-state index contributed by atoms with van der Waals surface area (Å²) in [7, 11) is 0. The molecular formula is C16H24N2O. The molecule has 2 N–H and O–H groups in total. The van der Waals surface area contributed by atoms with E-state index in [4.69, 9.17) is 0 Å². The molecule has 0 unspecified atom stereocenters. The molecule has 1 aliphatic rings. The van der Waals surface area contributed by atoms with Crippen LogP contribution in [0.4, 0.5) is 5.69 Å². The highest BCUT2D eigenvalue weighted by Crippen LogP contribution is 2.30. The van der Waals surface area contributed by atoms with E-state index in [2.05, 4.69) is 30.5 Å². The smallest absolute Gasteiger partial charge is 0.230 e. The maximum atomic E-state index is 12.5. The van der Waals surface area contributed by atoms with E-state index in [1.54, 1.807) is 0 Å². The van der Waals surface area contributed by atoms with E-state index < -0.39 is 0 Å².